The maximum atomic E-state index is 12.9. The van der Waals surface area contributed by atoms with E-state index < -0.39 is 12.1 Å². The normalized spacial score (nSPS) is 11.8. The largest absolute Gasteiger partial charge is 0.453 e. The molecule has 0 spiro atoms. The van der Waals surface area contributed by atoms with Crippen LogP contribution in [0.15, 0.2) is 48.5 Å². The lowest BCUT2D eigenvalue weighted by molar-refractivity contribution is 0.187. The smallest absolute Gasteiger partial charge is 0.411 e. The molecule has 0 bridgehead atoms. The number of benzene rings is 2. The Labute approximate surface area is 116 Å². The molecule has 3 N–H and O–H groups in total. The van der Waals surface area contributed by atoms with Crippen LogP contribution in [0.5, 0.6) is 0 Å². The van der Waals surface area contributed by atoms with Gasteiger partial charge in [-0.15, -0.1) is 0 Å². The minimum atomic E-state index is -0.566. The van der Waals surface area contributed by atoms with Crippen molar-refractivity contribution in [3.05, 3.63) is 65.5 Å². The van der Waals surface area contributed by atoms with Crippen LogP contribution in [0.3, 0.4) is 0 Å². The molecular weight excluding hydrogens is 259 g/mol. The van der Waals surface area contributed by atoms with Crippen molar-refractivity contribution >= 4 is 11.8 Å². The first kappa shape index (κ1) is 14.0. The highest BCUT2D eigenvalue weighted by Crippen LogP contribution is 2.26. The van der Waals surface area contributed by atoms with Crippen molar-refractivity contribution in [3.8, 4) is 0 Å². The average molecular weight is 274 g/mol. The fourth-order valence-electron chi connectivity index (χ4n) is 1.89. The maximum Gasteiger partial charge on any atom is 0.411 e. The zero-order valence-electron chi connectivity index (χ0n) is 11.0. The standard InChI is InChI=1S/C15H15FN2O2/c1-20-15(19)18-13-5-3-2-4-12(13)14(17)10-6-8-11(16)9-7-10/h2-9,14H,17H2,1H3,(H,18,19). The topological polar surface area (TPSA) is 64.3 Å². The van der Waals surface area contributed by atoms with Gasteiger partial charge in [-0.25, -0.2) is 9.18 Å². The predicted molar refractivity (Wildman–Crippen MR) is 74.9 cm³/mol. The number of para-hydroxylation sites is 1. The van der Waals surface area contributed by atoms with Crippen LogP contribution in [0, 0.1) is 5.82 Å². The molecule has 0 saturated carbocycles. The van der Waals surface area contributed by atoms with Crippen LogP contribution < -0.4 is 11.1 Å². The average Bonchev–Trinajstić information content (AvgIpc) is 2.48. The van der Waals surface area contributed by atoms with Crippen molar-refractivity contribution in [2.45, 2.75) is 6.04 Å². The van der Waals surface area contributed by atoms with Crippen molar-refractivity contribution < 1.29 is 13.9 Å². The number of carbonyl (C=O) groups excluding carboxylic acids is 1. The Bertz CT molecular complexity index is 599. The summed E-state index contributed by atoms with van der Waals surface area (Å²) in [5.74, 6) is -0.318. The van der Waals surface area contributed by atoms with Gasteiger partial charge in [-0.1, -0.05) is 30.3 Å². The summed E-state index contributed by atoms with van der Waals surface area (Å²) >= 11 is 0. The van der Waals surface area contributed by atoms with Crippen LogP contribution in [0.2, 0.25) is 0 Å². The molecule has 2 aromatic rings. The summed E-state index contributed by atoms with van der Waals surface area (Å²) < 4.78 is 17.5. The number of amides is 1. The zero-order chi connectivity index (χ0) is 14.5. The molecule has 1 unspecified atom stereocenters. The van der Waals surface area contributed by atoms with Crippen LogP contribution in [-0.4, -0.2) is 13.2 Å². The number of rotatable bonds is 3. The van der Waals surface area contributed by atoms with Crippen molar-refractivity contribution in [1.82, 2.24) is 0 Å². The van der Waals surface area contributed by atoms with Gasteiger partial charge in [0.25, 0.3) is 0 Å². The molecule has 0 aliphatic heterocycles. The van der Waals surface area contributed by atoms with Crippen molar-refractivity contribution in [1.29, 1.82) is 0 Å². The summed E-state index contributed by atoms with van der Waals surface area (Å²) in [5, 5.41) is 2.61. The van der Waals surface area contributed by atoms with E-state index in [9.17, 15) is 9.18 Å². The quantitative estimate of drug-likeness (QED) is 0.904. The molecule has 1 amide bonds. The zero-order valence-corrected chi connectivity index (χ0v) is 11.0. The van der Waals surface area contributed by atoms with E-state index in [1.54, 1.807) is 30.3 Å². The second kappa shape index (κ2) is 6.16. The molecule has 1 atom stereocenters. The molecule has 2 aromatic carbocycles. The summed E-state index contributed by atoms with van der Waals surface area (Å²) in [6.45, 7) is 0. The van der Waals surface area contributed by atoms with Gasteiger partial charge in [-0.2, -0.15) is 0 Å². The highest BCUT2D eigenvalue weighted by molar-refractivity contribution is 5.85. The number of anilines is 1. The Morgan fingerprint density at radius 3 is 2.50 bits per heavy atom. The van der Waals surface area contributed by atoms with E-state index in [1.165, 1.54) is 19.2 Å². The van der Waals surface area contributed by atoms with Crippen LogP contribution in [-0.2, 0) is 4.74 Å². The first-order valence-electron chi connectivity index (χ1n) is 6.06. The van der Waals surface area contributed by atoms with Gasteiger partial charge in [0.2, 0.25) is 0 Å². The minimum Gasteiger partial charge on any atom is -0.453 e. The molecule has 0 aliphatic rings. The molecular formula is C15H15FN2O2. The molecule has 0 radical (unpaired) electrons. The van der Waals surface area contributed by atoms with Gasteiger partial charge >= 0.3 is 6.09 Å². The molecule has 2 rings (SSSR count). The number of carbonyl (C=O) groups is 1. The summed E-state index contributed by atoms with van der Waals surface area (Å²) in [5.41, 5.74) is 8.22. The SMILES string of the molecule is COC(=O)Nc1ccccc1C(N)c1ccc(F)cc1. The molecule has 0 aliphatic carbocycles. The first-order chi connectivity index (χ1) is 9.61. The molecule has 0 saturated heterocycles. The Kier molecular flexibility index (Phi) is 4.32. The number of hydrogen-bond acceptors (Lipinski definition) is 3. The molecule has 0 fully saturated rings. The van der Waals surface area contributed by atoms with Crippen LogP contribution in [0.4, 0.5) is 14.9 Å². The van der Waals surface area contributed by atoms with E-state index in [-0.39, 0.29) is 5.82 Å². The highest BCUT2D eigenvalue weighted by Gasteiger charge is 2.14. The fraction of sp³-hybridized carbons (Fsp3) is 0.133. The van der Waals surface area contributed by atoms with E-state index in [1.807, 2.05) is 6.07 Å². The van der Waals surface area contributed by atoms with E-state index in [0.717, 1.165) is 11.1 Å². The van der Waals surface area contributed by atoms with Gasteiger partial charge in [0.15, 0.2) is 0 Å². The third-order valence-electron chi connectivity index (χ3n) is 2.95. The fourth-order valence-corrected chi connectivity index (χ4v) is 1.89. The van der Waals surface area contributed by atoms with Crippen LogP contribution >= 0.6 is 0 Å². The molecule has 104 valence electrons. The lowest BCUT2D eigenvalue weighted by Crippen LogP contribution is -2.17. The number of hydrogen-bond donors (Lipinski definition) is 2. The van der Waals surface area contributed by atoms with Crippen molar-refractivity contribution in [2.24, 2.45) is 5.73 Å². The summed E-state index contributed by atoms with van der Waals surface area (Å²) in [6.07, 6.45) is -0.566. The number of halogens is 1. The van der Waals surface area contributed by atoms with Gasteiger partial charge in [0.1, 0.15) is 5.82 Å². The van der Waals surface area contributed by atoms with E-state index in [0.29, 0.717) is 5.69 Å². The van der Waals surface area contributed by atoms with Gasteiger partial charge < -0.3 is 10.5 Å². The second-order valence-corrected chi connectivity index (χ2v) is 4.23. The van der Waals surface area contributed by atoms with Gasteiger partial charge in [-0.3, -0.25) is 5.32 Å². The van der Waals surface area contributed by atoms with E-state index in [2.05, 4.69) is 10.1 Å². The third kappa shape index (κ3) is 3.13. The first-order valence-corrected chi connectivity index (χ1v) is 6.06. The number of nitrogens with two attached hydrogens (primary N) is 1. The van der Waals surface area contributed by atoms with Gasteiger partial charge in [-0.05, 0) is 29.3 Å². The molecule has 5 heteroatoms. The van der Waals surface area contributed by atoms with E-state index in [4.69, 9.17) is 5.73 Å². The minimum absolute atomic E-state index is 0.318. The predicted octanol–water partition coefficient (Wildman–Crippen LogP) is 3.05. The highest BCUT2D eigenvalue weighted by atomic mass is 19.1. The lowest BCUT2D eigenvalue weighted by atomic mass is 9.98. The van der Waals surface area contributed by atoms with Crippen LogP contribution in [0.1, 0.15) is 17.2 Å². The Morgan fingerprint density at radius 1 is 1.20 bits per heavy atom. The summed E-state index contributed by atoms with van der Waals surface area (Å²) in [6, 6.07) is 12.6. The Morgan fingerprint density at radius 2 is 1.85 bits per heavy atom. The van der Waals surface area contributed by atoms with E-state index >= 15 is 0 Å². The monoisotopic (exact) mass is 274 g/mol. The van der Waals surface area contributed by atoms with Gasteiger partial charge in [0.05, 0.1) is 13.2 Å². The van der Waals surface area contributed by atoms with Crippen molar-refractivity contribution in [3.63, 3.8) is 0 Å². The number of methoxy groups -OCH3 is 1. The van der Waals surface area contributed by atoms with Gasteiger partial charge in [0, 0.05) is 5.69 Å². The molecule has 0 heterocycles. The third-order valence-corrected chi connectivity index (χ3v) is 2.95. The summed E-state index contributed by atoms with van der Waals surface area (Å²) in [7, 11) is 1.29. The maximum absolute atomic E-state index is 12.9. The van der Waals surface area contributed by atoms with Crippen molar-refractivity contribution in [2.75, 3.05) is 12.4 Å². The Hall–Kier alpha value is -2.40. The molecule has 4 nitrogen and oxygen atoms in total. The Balaban J connectivity index is 2.31. The molecule has 0 aromatic heterocycles. The molecule has 20 heavy (non-hydrogen) atoms. The second-order valence-electron chi connectivity index (χ2n) is 4.23. The lowest BCUT2D eigenvalue weighted by Gasteiger charge is -2.17. The summed E-state index contributed by atoms with van der Waals surface area (Å²) in [4.78, 5) is 11.3. The number of ether oxygens (including phenoxy) is 1. The van der Waals surface area contributed by atoms with Crippen LogP contribution in [0.25, 0.3) is 0 Å². The number of nitrogens with one attached hydrogen (secondary N) is 1.